The van der Waals surface area contributed by atoms with E-state index in [-0.39, 0.29) is 18.4 Å². The molecule has 0 fully saturated rings. The van der Waals surface area contributed by atoms with E-state index < -0.39 is 0 Å². The first kappa shape index (κ1) is 20.3. The molecule has 0 aliphatic heterocycles. The van der Waals surface area contributed by atoms with Gasteiger partial charge in [-0.25, -0.2) is 0 Å². The van der Waals surface area contributed by atoms with E-state index in [4.69, 9.17) is 0 Å². The Hall–Kier alpha value is -3.45. The van der Waals surface area contributed by atoms with Gasteiger partial charge in [0.1, 0.15) is 5.69 Å². The van der Waals surface area contributed by atoms with Crippen molar-refractivity contribution in [3.63, 3.8) is 0 Å². The van der Waals surface area contributed by atoms with Crippen LogP contribution >= 0.6 is 0 Å². The number of rotatable bonds is 7. The SMILES string of the molecule is CCc1ccc(-c2cc(C(=O)Nc3ccccc3NC(=O)CN(C)C)[nH]n2)cc1. The number of nitrogens with zero attached hydrogens (tertiary/aromatic N) is 2. The van der Waals surface area contributed by atoms with E-state index in [1.54, 1.807) is 35.2 Å². The predicted molar refractivity (Wildman–Crippen MR) is 115 cm³/mol. The molecule has 1 heterocycles. The number of carbonyl (C=O) groups excluding carboxylic acids is 2. The van der Waals surface area contributed by atoms with E-state index in [0.29, 0.717) is 22.8 Å². The standard InChI is InChI=1S/C22H25N5O2/c1-4-15-9-11-16(12-10-15)19-13-20(26-25-19)22(29)24-18-8-6-5-7-17(18)23-21(28)14-27(2)3/h5-13H,4,14H2,1-3H3,(H,23,28)(H,24,29)(H,25,26). The second kappa shape index (κ2) is 9.16. The van der Waals surface area contributed by atoms with E-state index in [1.807, 2.05) is 26.2 Å². The van der Waals surface area contributed by atoms with Crippen LogP contribution in [0.25, 0.3) is 11.3 Å². The van der Waals surface area contributed by atoms with Crippen molar-refractivity contribution in [3.05, 3.63) is 65.9 Å². The molecule has 0 aliphatic carbocycles. The van der Waals surface area contributed by atoms with Gasteiger partial charge in [0.25, 0.3) is 5.91 Å². The minimum Gasteiger partial charge on any atom is -0.323 e. The summed E-state index contributed by atoms with van der Waals surface area (Å²) in [5, 5.41) is 12.7. The first-order valence-corrected chi connectivity index (χ1v) is 9.46. The molecule has 3 aromatic rings. The highest BCUT2D eigenvalue weighted by Gasteiger charge is 2.14. The molecule has 1 aromatic heterocycles. The molecule has 29 heavy (non-hydrogen) atoms. The summed E-state index contributed by atoms with van der Waals surface area (Å²) >= 11 is 0. The van der Waals surface area contributed by atoms with Crippen molar-refractivity contribution in [1.29, 1.82) is 0 Å². The lowest BCUT2D eigenvalue weighted by atomic mass is 10.1. The van der Waals surface area contributed by atoms with Crippen LogP contribution in [0.3, 0.4) is 0 Å². The second-order valence-electron chi connectivity index (χ2n) is 7.00. The molecule has 2 aromatic carbocycles. The Morgan fingerprint density at radius 1 is 1.00 bits per heavy atom. The number of anilines is 2. The zero-order valence-electron chi connectivity index (χ0n) is 16.8. The van der Waals surface area contributed by atoms with E-state index in [9.17, 15) is 9.59 Å². The fourth-order valence-corrected chi connectivity index (χ4v) is 2.86. The van der Waals surface area contributed by atoms with E-state index in [0.717, 1.165) is 12.0 Å². The molecule has 0 atom stereocenters. The van der Waals surface area contributed by atoms with Gasteiger partial charge in [-0.3, -0.25) is 14.7 Å². The van der Waals surface area contributed by atoms with E-state index in [2.05, 4.69) is 39.9 Å². The molecule has 0 saturated carbocycles. The number of para-hydroxylation sites is 2. The highest BCUT2D eigenvalue weighted by atomic mass is 16.2. The fraction of sp³-hybridized carbons (Fsp3) is 0.227. The lowest BCUT2D eigenvalue weighted by Crippen LogP contribution is -2.27. The summed E-state index contributed by atoms with van der Waals surface area (Å²) in [5.41, 5.74) is 4.29. The highest BCUT2D eigenvalue weighted by molar-refractivity contribution is 6.06. The largest absolute Gasteiger partial charge is 0.323 e. The average molecular weight is 391 g/mol. The minimum atomic E-state index is -0.330. The summed E-state index contributed by atoms with van der Waals surface area (Å²) in [5.74, 6) is -0.487. The van der Waals surface area contributed by atoms with Crippen molar-refractivity contribution in [2.45, 2.75) is 13.3 Å². The van der Waals surface area contributed by atoms with Crippen LogP contribution in [0.5, 0.6) is 0 Å². The van der Waals surface area contributed by atoms with Gasteiger partial charge in [0.2, 0.25) is 5.91 Å². The normalized spacial score (nSPS) is 10.8. The quantitative estimate of drug-likeness (QED) is 0.576. The number of hydrogen-bond acceptors (Lipinski definition) is 4. The first-order valence-electron chi connectivity index (χ1n) is 9.46. The molecule has 150 valence electrons. The van der Waals surface area contributed by atoms with Crippen molar-refractivity contribution in [3.8, 4) is 11.3 Å². The van der Waals surface area contributed by atoms with Gasteiger partial charge >= 0.3 is 0 Å². The van der Waals surface area contributed by atoms with Gasteiger partial charge in [0, 0.05) is 5.56 Å². The van der Waals surface area contributed by atoms with Crippen LogP contribution in [-0.4, -0.2) is 47.6 Å². The van der Waals surface area contributed by atoms with Crippen molar-refractivity contribution >= 4 is 23.2 Å². The Morgan fingerprint density at radius 3 is 2.28 bits per heavy atom. The molecule has 0 aliphatic rings. The number of carbonyl (C=O) groups is 2. The number of nitrogens with one attached hydrogen (secondary N) is 3. The number of H-pyrrole nitrogens is 1. The number of hydrogen-bond donors (Lipinski definition) is 3. The van der Waals surface area contributed by atoms with Crippen LogP contribution in [0, 0.1) is 0 Å². The third-order valence-electron chi connectivity index (χ3n) is 4.39. The molecular weight excluding hydrogens is 366 g/mol. The Labute approximate surface area is 170 Å². The summed E-state index contributed by atoms with van der Waals surface area (Å²) in [4.78, 5) is 26.5. The van der Waals surface area contributed by atoms with Gasteiger partial charge in [0.05, 0.1) is 23.6 Å². The summed E-state index contributed by atoms with van der Waals surface area (Å²) in [6.07, 6.45) is 0.971. The molecule has 0 spiro atoms. The van der Waals surface area contributed by atoms with Gasteiger partial charge in [-0.15, -0.1) is 0 Å². The van der Waals surface area contributed by atoms with Crippen LogP contribution in [0.4, 0.5) is 11.4 Å². The van der Waals surface area contributed by atoms with Crippen LogP contribution in [0.15, 0.2) is 54.6 Å². The lowest BCUT2D eigenvalue weighted by molar-refractivity contribution is -0.116. The molecule has 0 saturated heterocycles. The summed E-state index contributed by atoms with van der Waals surface area (Å²) in [7, 11) is 3.64. The zero-order valence-corrected chi connectivity index (χ0v) is 16.8. The molecule has 0 radical (unpaired) electrons. The minimum absolute atomic E-state index is 0.156. The van der Waals surface area contributed by atoms with Gasteiger partial charge in [0.15, 0.2) is 0 Å². The van der Waals surface area contributed by atoms with Crippen LogP contribution in [0.2, 0.25) is 0 Å². The van der Waals surface area contributed by atoms with Crippen LogP contribution < -0.4 is 10.6 Å². The van der Waals surface area contributed by atoms with Gasteiger partial charge in [-0.2, -0.15) is 5.10 Å². The summed E-state index contributed by atoms with van der Waals surface area (Å²) in [6, 6.07) is 16.9. The van der Waals surface area contributed by atoms with Crippen LogP contribution in [0.1, 0.15) is 23.0 Å². The van der Waals surface area contributed by atoms with E-state index in [1.165, 1.54) is 5.56 Å². The maximum absolute atomic E-state index is 12.7. The number of amides is 2. The molecule has 0 unspecified atom stereocenters. The zero-order chi connectivity index (χ0) is 20.8. The second-order valence-corrected chi connectivity index (χ2v) is 7.00. The molecular formula is C22H25N5O2. The molecule has 0 bridgehead atoms. The molecule has 3 rings (SSSR count). The monoisotopic (exact) mass is 391 g/mol. The fourth-order valence-electron chi connectivity index (χ4n) is 2.86. The first-order chi connectivity index (χ1) is 14.0. The Kier molecular flexibility index (Phi) is 6.41. The molecule has 3 N–H and O–H groups in total. The smallest absolute Gasteiger partial charge is 0.273 e. The highest BCUT2D eigenvalue weighted by Crippen LogP contribution is 2.23. The topological polar surface area (TPSA) is 90.1 Å². The molecule has 7 nitrogen and oxygen atoms in total. The van der Waals surface area contributed by atoms with Gasteiger partial charge in [-0.05, 0) is 44.3 Å². The number of benzene rings is 2. The lowest BCUT2D eigenvalue weighted by Gasteiger charge is -2.13. The maximum Gasteiger partial charge on any atom is 0.273 e. The van der Waals surface area contributed by atoms with Crippen molar-refractivity contribution < 1.29 is 9.59 Å². The Morgan fingerprint density at radius 2 is 1.66 bits per heavy atom. The third kappa shape index (κ3) is 5.30. The third-order valence-corrected chi connectivity index (χ3v) is 4.39. The van der Waals surface area contributed by atoms with Crippen LogP contribution in [-0.2, 0) is 11.2 Å². The summed E-state index contributed by atoms with van der Waals surface area (Å²) < 4.78 is 0. The van der Waals surface area contributed by atoms with Gasteiger partial charge < -0.3 is 15.5 Å². The number of aromatic nitrogens is 2. The maximum atomic E-state index is 12.7. The Bertz CT molecular complexity index is 992. The van der Waals surface area contributed by atoms with Crippen molar-refractivity contribution in [2.75, 3.05) is 31.3 Å². The van der Waals surface area contributed by atoms with Crippen molar-refractivity contribution in [2.24, 2.45) is 0 Å². The molecule has 7 heteroatoms. The predicted octanol–water partition coefficient (Wildman–Crippen LogP) is 3.39. The van der Waals surface area contributed by atoms with Crippen molar-refractivity contribution in [1.82, 2.24) is 15.1 Å². The number of aryl methyl sites for hydroxylation is 1. The summed E-state index contributed by atoms with van der Waals surface area (Å²) in [6.45, 7) is 2.36. The van der Waals surface area contributed by atoms with Gasteiger partial charge in [-0.1, -0.05) is 43.3 Å². The average Bonchev–Trinajstić information content (AvgIpc) is 3.19. The number of aromatic amines is 1. The van der Waals surface area contributed by atoms with E-state index >= 15 is 0 Å². The molecule has 2 amide bonds. The number of likely N-dealkylation sites (N-methyl/N-ethyl adjacent to an activating group) is 1. The Balaban J connectivity index is 1.72.